The van der Waals surface area contributed by atoms with Crippen LogP contribution in [0.15, 0.2) is 53.5 Å². The molecule has 2 rings (SSSR count). The normalized spacial score (nSPS) is 12.0. The lowest BCUT2D eigenvalue weighted by Crippen LogP contribution is -2.41. The molecule has 2 N–H and O–H groups in total. The number of alkyl halides is 3. The summed E-state index contributed by atoms with van der Waals surface area (Å²) < 4.78 is 44.0. The first kappa shape index (κ1) is 21.7. The number of rotatable bonds is 5. The molecule has 8 nitrogen and oxygen atoms in total. The standard InChI is InChI=1S/C18H16F3N3O5/c1-22-17(28)23-16(27)15(11-5-3-2-4-6-11)29-14(26)10-24-9-12(18(19,20)21)7-8-13(24)25/h2-9,15H,10H2,1H3,(H2,22,23,27,28)/t15-/m0/s1. The zero-order valence-electron chi connectivity index (χ0n) is 15.0. The van der Waals surface area contributed by atoms with E-state index < -0.39 is 47.9 Å². The van der Waals surface area contributed by atoms with E-state index in [1.807, 2.05) is 5.32 Å². The van der Waals surface area contributed by atoms with E-state index in [1.165, 1.54) is 19.2 Å². The Kier molecular flexibility index (Phi) is 6.75. The topological polar surface area (TPSA) is 106 Å². The van der Waals surface area contributed by atoms with Gasteiger partial charge in [-0.3, -0.25) is 19.7 Å². The van der Waals surface area contributed by atoms with Gasteiger partial charge in [0, 0.05) is 24.9 Å². The second-order valence-electron chi connectivity index (χ2n) is 5.73. The van der Waals surface area contributed by atoms with Gasteiger partial charge in [-0.25, -0.2) is 4.79 Å². The smallest absolute Gasteiger partial charge is 0.417 e. The van der Waals surface area contributed by atoms with Crippen molar-refractivity contribution >= 4 is 17.9 Å². The maximum absolute atomic E-state index is 12.8. The zero-order valence-corrected chi connectivity index (χ0v) is 15.0. The van der Waals surface area contributed by atoms with Crippen LogP contribution in [0.4, 0.5) is 18.0 Å². The average Bonchev–Trinajstić information content (AvgIpc) is 2.67. The molecular weight excluding hydrogens is 395 g/mol. The van der Waals surface area contributed by atoms with Gasteiger partial charge in [-0.1, -0.05) is 30.3 Å². The molecule has 0 aliphatic carbocycles. The number of aromatic nitrogens is 1. The zero-order chi connectivity index (χ0) is 21.6. The molecule has 0 aliphatic rings. The van der Waals surface area contributed by atoms with Crippen molar-refractivity contribution in [2.24, 2.45) is 0 Å². The number of carbonyl (C=O) groups is 3. The number of urea groups is 1. The van der Waals surface area contributed by atoms with Crippen LogP contribution in [0.25, 0.3) is 0 Å². The first-order chi connectivity index (χ1) is 13.6. The molecule has 0 saturated heterocycles. The van der Waals surface area contributed by atoms with Gasteiger partial charge in [0.05, 0.1) is 5.56 Å². The van der Waals surface area contributed by atoms with Crippen LogP contribution in [0.2, 0.25) is 0 Å². The van der Waals surface area contributed by atoms with E-state index in [0.29, 0.717) is 22.9 Å². The van der Waals surface area contributed by atoms with Crippen molar-refractivity contribution < 1.29 is 32.3 Å². The van der Waals surface area contributed by atoms with Crippen molar-refractivity contribution in [3.63, 3.8) is 0 Å². The lowest BCUT2D eigenvalue weighted by Gasteiger charge is -2.18. The summed E-state index contributed by atoms with van der Waals surface area (Å²) in [6.45, 7) is -0.862. The number of amides is 3. The molecule has 1 aromatic heterocycles. The van der Waals surface area contributed by atoms with Gasteiger partial charge in [-0.05, 0) is 6.07 Å². The number of hydrogen-bond donors (Lipinski definition) is 2. The van der Waals surface area contributed by atoms with Crippen LogP contribution in [0.1, 0.15) is 17.2 Å². The number of esters is 1. The van der Waals surface area contributed by atoms with Crippen LogP contribution in [0.3, 0.4) is 0 Å². The van der Waals surface area contributed by atoms with Crippen LogP contribution >= 0.6 is 0 Å². The van der Waals surface area contributed by atoms with E-state index in [1.54, 1.807) is 18.2 Å². The second-order valence-corrected chi connectivity index (χ2v) is 5.73. The Morgan fingerprint density at radius 3 is 2.34 bits per heavy atom. The molecule has 0 bridgehead atoms. The minimum atomic E-state index is -4.71. The summed E-state index contributed by atoms with van der Waals surface area (Å²) in [5.41, 5.74) is -1.76. The van der Waals surface area contributed by atoms with Crippen LogP contribution in [-0.4, -0.2) is 29.5 Å². The highest BCUT2D eigenvalue weighted by molar-refractivity contribution is 5.97. The van der Waals surface area contributed by atoms with E-state index in [4.69, 9.17) is 4.74 Å². The highest BCUT2D eigenvalue weighted by Gasteiger charge is 2.31. The first-order valence-corrected chi connectivity index (χ1v) is 8.16. The summed E-state index contributed by atoms with van der Waals surface area (Å²) in [6, 6.07) is 8.08. The number of nitrogens with one attached hydrogen (secondary N) is 2. The SMILES string of the molecule is CNC(=O)NC(=O)[C@@H](OC(=O)Cn1cc(C(F)(F)F)ccc1=O)c1ccccc1. The van der Waals surface area contributed by atoms with E-state index in [9.17, 15) is 32.3 Å². The van der Waals surface area contributed by atoms with Gasteiger partial charge in [0.2, 0.25) is 6.10 Å². The summed E-state index contributed by atoms with van der Waals surface area (Å²) in [7, 11) is 1.27. The third-order valence-electron chi connectivity index (χ3n) is 3.66. The van der Waals surface area contributed by atoms with Crippen molar-refractivity contribution in [1.82, 2.24) is 15.2 Å². The number of imide groups is 1. The molecule has 0 aliphatic heterocycles. The van der Waals surface area contributed by atoms with Gasteiger partial charge >= 0.3 is 18.2 Å². The maximum atomic E-state index is 12.8. The maximum Gasteiger partial charge on any atom is 0.417 e. The lowest BCUT2D eigenvalue weighted by atomic mass is 10.1. The summed E-state index contributed by atoms with van der Waals surface area (Å²) in [5, 5.41) is 4.11. The van der Waals surface area contributed by atoms with Crippen molar-refractivity contribution in [1.29, 1.82) is 0 Å². The number of nitrogens with zero attached hydrogens (tertiary/aromatic N) is 1. The van der Waals surface area contributed by atoms with Crippen molar-refractivity contribution in [2.45, 2.75) is 18.8 Å². The predicted octanol–water partition coefficient (Wildman–Crippen LogP) is 1.61. The van der Waals surface area contributed by atoms with Gasteiger partial charge in [0.25, 0.3) is 11.5 Å². The van der Waals surface area contributed by atoms with E-state index in [-0.39, 0.29) is 5.56 Å². The van der Waals surface area contributed by atoms with Gasteiger partial charge < -0.3 is 14.6 Å². The average molecular weight is 411 g/mol. The monoisotopic (exact) mass is 411 g/mol. The molecule has 0 fully saturated rings. The summed E-state index contributed by atoms with van der Waals surface area (Å²) in [4.78, 5) is 47.7. The summed E-state index contributed by atoms with van der Waals surface area (Å²) in [5.74, 6) is -2.12. The molecule has 0 unspecified atom stereocenters. The van der Waals surface area contributed by atoms with E-state index in [0.717, 1.165) is 0 Å². The molecular formula is C18H16F3N3O5. The Bertz CT molecular complexity index is 957. The minimum Gasteiger partial charge on any atom is -0.446 e. The summed E-state index contributed by atoms with van der Waals surface area (Å²) in [6.07, 6.45) is -5.78. The third kappa shape index (κ3) is 5.92. The van der Waals surface area contributed by atoms with Gasteiger partial charge in [-0.2, -0.15) is 13.2 Å². The van der Waals surface area contributed by atoms with Crippen molar-refractivity contribution in [2.75, 3.05) is 7.05 Å². The molecule has 11 heteroatoms. The molecule has 1 heterocycles. The molecule has 29 heavy (non-hydrogen) atoms. The van der Waals surface area contributed by atoms with Crippen LogP contribution in [0.5, 0.6) is 0 Å². The van der Waals surface area contributed by atoms with Crippen molar-refractivity contribution in [3.05, 3.63) is 70.1 Å². The number of carbonyl (C=O) groups excluding carboxylic acids is 3. The Labute approximate surface area is 162 Å². The Morgan fingerprint density at radius 2 is 1.76 bits per heavy atom. The van der Waals surface area contributed by atoms with Gasteiger partial charge in [0.15, 0.2) is 0 Å². The minimum absolute atomic E-state index is 0.221. The second kappa shape index (κ2) is 9.04. The highest BCUT2D eigenvalue weighted by Crippen LogP contribution is 2.28. The van der Waals surface area contributed by atoms with E-state index >= 15 is 0 Å². The van der Waals surface area contributed by atoms with Gasteiger partial charge in [-0.15, -0.1) is 0 Å². The predicted molar refractivity (Wildman–Crippen MR) is 93.6 cm³/mol. The lowest BCUT2D eigenvalue weighted by molar-refractivity contribution is -0.157. The molecule has 0 saturated carbocycles. The largest absolute Gasteiger partial charge is 0.446 e. The fraction of sp³-hybridized carbons (Fsp3) is 0.222. The fourth-order valence-electron chi connectivity index (χ4n) is 2.27. The Balaban J connectivity index is 2.23. The molecule has 0 spiro atoms. The van der Waals surface area contributed by atoms with Crippen LogP contribution in [-0.2, 0) is 27.0 Å². The molecule has 3 amide bonds. The number of benzene rings is 1. The van der Waals surface area contributed by atoms with Crippen molar-refractivity contribution in [3.8, 4) is 0 Å². The number of ether oxygens (including phenoxy) is 1. The van der Waals surface area contributed by atoms with Crippen LogP contribution < -0.4 is 16.2 Å². The highest BCUT2D eigenvalue weighted by atomic mass is 19.4. The first-order valence-electron chi connectivity index (χ1n) is 8.16. The number of pyridine rings is 1. The fourth-order valence-corrected chi connectivity index (χ4v) is 2.27. The molecule has 1 aromatic carbocycles. The summed E-state index contributed by atoms with van der Waals surface area (Å²) >= 11 is 0. The molecule has 1 atom stereocenters. The Hall–Kier alpha value is -3.63. The molecule has 0 radical (unpaired) electrons. The molecule has 2 aromatic rings. The van der Waals surface area contributed by atoms with E-state index in [2.05, 4.69) is 5.32 Å². The molecule has 154 valence electrons. The third-order valence-corrected chi connectivity index (χ3v) is 3.66. The Morgan fingerprint density at radius 1 is 1.10 bits per heavy atom. The van der Waals surface area contributed by atoms with Crippen LogP contribution in [0, 0.1) is 0 Å². The quantitative estimate of drug-likeness (QED) is 0.727. The van der Waals surface area contributed by atoms with Gasteiger partial charge in [0.1, 0.15) is 6.54 Å². The number of hydrogen-bond acceptors (Lipinski definition) is 5. The number of halogens is 3.